The minimum absolute atomic E-state index is 0.244. The van der Waals surface area contributed by atoms with Crippen LogP contribution in [0.15, 0.2) is 0 Å². The maximum atomic E-state index is 11.5. The molecule has 1 aliphatic heterocycles. The molecule has 1 heterocycles. The topological polar surface area (TPSA) is 55.4 Å². The van der Waals surface area contributed by atoms with Crippen LogP contribution in [0.25, 0.3) is 0 Å². The highest BCUT2D eigenvalue weighted by molar-refractivity contribution is 7.91. The van der Waals surface area contributed by atoms with Crippen molar-refractivity contribution in [3.8, 4) is 0 Å². The van der Waals surface area contributed by atoms with E-state index in [1.807, 2.05) is 0 Å². The first-order valence-electron chi connectivity index (χ1n) is 6.60. The molecule has 1 fully saturated rings. The molecule has 2 atom stereocenters. The smallest absolute Gasteiger partial charge is 0.150 e. The van der Waals surface area contributed by atoms with Gasteiger partial charge in [-0.2, -0.15) is 0 Å². The number of nitrogens with one attached hydrogen (secondary N) is 1. The highest BCUT2D eigenvalue weighted by Gasteiger charge is 2.26. The van der Waals surface area contributed by atoms with Crippen LogP contribution in [0.3, 0.4) is 0 Å². The molecule has 17 heavy (non-hydrogen) atoms. The molecule has 1 N–H and O–H groups in total. The van der Waals surface area contributed by atoms with Crippen LogP contribution in [0.5, 0.6) is 0 Å². The third kappa shape index (κ3) is 5.36. The highest BCUT2D eigenvalue weighted by atomic mass is 32.2. The largest absolute Gasteiger partial charge is 0.381 e. The van der Waals surface area contributed by atoms with E-state index in [4.69, 9.17) is 4.74 Å². The van der Waals surface area contributed by atoms with Gasteiger partial charge in [0.05, 0.1) is 12.4 Å². The average molecular weight is 263 g/mol. The van der Waals surface area contributed by atoms with Gasteiger partial charge < -0.3 is 10.1 Å². The van der Waals surface area contributed by atoms with Crippen molar-refractivity contribution in [1.29, 1.82) is 0 Å². The average Bonchev–Trinajstić information content (AvgIpc) is 2.35. The van der Waals surface area contributed by atoms with Gasteiger partial charge in [-0.3, -0.25) is 0 Å². The summed E-state index contributed by atoms with van der Waals surface area (Å²) in [5.74, 6) is 0.881. The normalized spacial score (nSPS) is 26.0. The van der Waals surface area contributed by atoms with Crippen molar-refractivity contribution >= 4 is 9.84 Å². The second-order valence-corrected chi connectivity index (χ2v) is 7.18. The van der Waals surface area contributed by atoms with Gasteiger partial charge in [0.25, 0.3) is 0 Å². The molecule has 0 amide bonds. The molecule has 2 unspecified atom stereocenters. The second-order valence-electron chi connectivity index (χ2n) is 4.71. The summed E-state index contributed by atoms with van der Waals surface area (Å²) in [5.41, 5.74) is 0. The van der Waals surface area contributed by atoms with Crippen LogP contribution in [-0.2, 0) is 14.6 Å². The van der Waals surface area contributed by atoms with E-state index in [1.165, 1.54) is 0 Å². The van der Waals surface area contributed by atoms with E-state index in [-0.39, 0.29) is 5.75 Å². The van der Waals surface area contributed by atoms with Gasteiger partial charge in [-0.1, -0.05) is 13.8 Å². The van der Waals surface area contributed by atoms with Crippen LogP contribution in [-0.4, -0.2) is 45.7 Å². The summed E-state index contributed by atoms with van der Waals surface area (Å²) in [6.45, 7) is 6.34. The minimum Gasteiger partial charge on any atom is -0.381 e. The van der Waals surface area contributed by atoms with E-state index in [2.05, 4.69) is 12.2 Å². The van der Waals surface area contributed by atoms with Crippen molar-refractivity contribution in [2.45, 2.75) is 39.2 Å². The molecule has 102 valence electrons. The van der Waals surface area contributed by atoms with Crippen LogP contribution in [0.2, 0.25) is 0 Å². The molecule has 5 heteroatoms. The monoisotopic (exact) mass is 263 g/mol. The lowest BCUT2D eigenvalue weighted by Gasteiger charge is -2.32. The molecule has 0 aromatic carbocycles. The predicted octanol–water partition coefficient (Wildman–Crippen LogP) is 1.22. The fourth-order valence-corrected chi connectivity index (χ4v) is 3.11. The van der Waals surface area contributed by atoms with Crippen molar-refractivity contribution in [3.05, 3.63) is 0 Å². The van der Waals surface area contributed by atoms with Gasteiger partial charge in [0.15, 0.2) is 0 Å². The van der Waals surface area contributed by atoms with E-state index >= 15 is 0 Å². The second kappa shape index (κ2) is 7.34. The van der Waals surface area contributed by atoms with E-state index < -0.39 is 9.84 Å². The maximum Gasteiger partial charge on any atom is 0.150 e. The predicted molar refractivity (Wildman–Crippen MR) is 70.0 cm³/mol. The SMILES string of the molecule is CCCNC1CCOCC1CCS(=O)(=O)CC. The molecule has 1 rings (SSSR count). The standard InChI is InChI=1S/C12H25NO3S/c1-3-7-13-12-5-8-16-10-11(12)6-9-17(14,15)4-2/h11-13H,3-10H2,1-2H3. The Morgan fingerprint density at radius 3 is 2.76 bits per heavy atom. The number of sulfone groups is 1. The van der Waals surface area contributed by atoms with Crippen molar-refractivity contribution < 1.29 is 13.2 Å². The van der Waals surface area contributed by atoms with E-state index in [0.29, 0.717) is 24.3 Å². The fourth-order valence-electron chi connectivity index (χ4n) is 2.16. The molecule has 0 aromatic rings. The molecular weight excluding hydrogens is 238 g/mol. The molecule has 0 bridgehead atoms. The molecule has 0 spiro atoms. The fraction of sp³-hybridized carbons (Fsp3) is 1.00. The molecule has 0 saturated carbocycles. The Morgan fingerprint density at radius 1 is 1.35 bits per heavy atom. The summed E-state index contributed by atoms with van der Waals surface area (Å²) < 4.78 is 28.5. The van der Waals surface area contributed by atoms with Crippen molar-refractivity contribution in [2.24, 2.45) is 5.92 Å². The summed E-state index contributed by atoms with van der Waals surface area (Å²) in [5, 5.41) is 3.50. The van der Waals surface area contributed by atoms with Gasteiger partial charge in [0, 0.05) is 18.4 Å². The van der Waals surface area contributed by atoms with Crippen LogP contribution < -0.4 is 5.32 Å². The molecule has 0 radical (unpaired) electrons. The first kappa shape index (κ1) is 14.9. The molecular formula is C12H25NO3S. The lowest BCUT2D eigenvalue weighted by atomic mass is 9.93. The van der Waals surface area contributed by atoms with Crippen molar-refractivity contribution in [3.63, 3.8) is 0 Å². The van der Waals surface area contributed by atoms with Gasteiger partial charge in [0.2, 0.25) is 0 Å². The minimum atomic E-state index is -2.85. The number of hydrogen-bond donors (Lipinski definition) is 1. The molecule has 4 nitrogen and oxygen atoms in total. The third-order valence-electron chi connectivity index (χ3n) is 3.37. The highest BCUT2D eigenvalue weighted by Crippen LogP contribution is 2.19. The third-order valence-corrected chi connectivity index (χ3v) is 5.11. The zero-order chi connectivity index (χ0) is 12.7. The molecule has 0 aliphatic carbocycles. The quantitative estimate of drug-likeness (QED) is 0.750. The van der Waals surface area contributed by atoms with Gasteiger partial charge in [-0.05, 0) is 31.7 Å². The van der Waals surface area contributed by atoms with Crippen LogP contribution >= 0.6 is 0 Å². The number of rotatable bonds is 7. The van der Waals surface area contributed by atoms with Crippen LogP contribution in [0.1, 0.15) is 33.1 Å². The van der Waals surface area contributed by atoms with Gasteiger partial charge in [0.1, 0.15) is 9.84 Å². The van der Waals surface area contributed by atoms with Gasteiger partial charge in [-0.25, -0.2) is 8.42 Å². The maximum absolute atomic E-state index is 11.5. The Hall–Kier alpha value is -0.130. The van der Waals surface area contributed by atoms with Crippen molar-refractivity contribution in [1.82, 2.24) is 5.32 Å². The Bertz CT molecular complexity index is 303. The lowest BCUT2D eigenvalue weighted by Crippen LogP contribution is -2.43. The van der Waals surface area contributed by atoms with Crippen LogP contribution in [0.4, 0.5) is 0 Å². The summed E-state index contributed by atoms with van der Waals surface area (Å²) >= 11 is 0. The zero-order valence-corrected chi connectivity index (χ0v) is 11.8. The van der Waals surface area contributed by atoms with Gasteiger partial charge >= 0.3 is 0 Å². The summed E-state index contributed by atoms with van der Waals surface area (Å²) in [6.07, 6.45) is 2.83. The first-order chi connectivity index (χ1) is 8.09. The summed E-state index contributed by atoms with van der Waals surface area (Å²) in [4.78, 5) is 0. The number of ether oxygens (including phenoxy) is 1. The van der Waals surface area contributed by atoms with Crippen molar-refractivity contribution in [2.75, 3.05) is 31.3 Å². The first-order valence-corrected chi connectivity index (χ1v) is 8.42. The lowest BCUT2D eigenvalue weighted by molar-refractivity contribution is 0.0310. The van der Waals surface area contributed by atoms with E-state index in [0.717, 1.165) is 32.4 Å². The zero-order valence-electron chi connectivity index (χ0n) is 10.9. The molecule has 0 aromatic heterocycles. The summed E-state index contributed by atoms with van der Waals surface area (Å²) in [6, 6.07) is 0.427. The Morgan fingerprint density at radius 2 is 2.12 bits per heavy atom. The van der Waals surface area contributed by atoms with Crippen LogP contribution in [0, 0.1) is 5.92 Å². The molecule has 1 aliphatic rings. The summed E-state index contributed by atoms with van der Waals surface area (Å²) in [7, 11) is -2.85. The van der Waals surface area contributed by atoms with E-state index in [9.17, 15) is 8.42 Å². The van der Waals surface area contributed by atoms with Gasteiger partial charge in [-0.15, -0.1) is 0 Å². The Balaban J connectivity index is 2.42. The Labute approximate surface area is 105 Å². The van der Waals surface area contributed by atoms with E-state index in [1.54, 1.807) is 6.92 Å². The molecule has 1 saturated heterocycles. The Kier molecular flexibility index (Phi) is 6.44. The number of hydrogen-bond acceptors (Lipinski definition) is 4.